The first-order chi connectivity index (χ1) is 9.83. The second kappa shape index (κ2) is 5.42. The van der Waals surface area contributed by atoms with Gasteiger partial charge in [-0.25, -0.2) is 12.8 Å². The van der Waals surface area contributed by atoms with Gasteiger partial charge in [0.2, 0.25) is 0 Å². The number of nitrogens with one attached hydrogen (secondary N) is 1. The number of nitrogens with two attached hydrogens (primary N) is 1. The predicted octanol–water partition coefficient (Wildman–Crippen LogP) is 2.39. The van der Waals surface area contributed by atoms with E-state index < -0.39 is 15.8 Å². The molecule has 0 spiro atoms. The zero-order valence-electron chi connectivity index (χ0n) is 11.1. The maximum Gasteiger partial charge on any atom is 0.261 e. The Labute approximate surface area is 121 Å². The Kier molecular flexibility index (Phi) is 3.82. The lowest BCUT2D eigenvalue weighted by molar-refractivity contribution is 0.601. The molecule has 0 radical (unpaired) electrons. The van der Waals surface area contributed by atoms with Crippen LogP contribution in [0.1, 0.15) is 11.1 Å². The second-order valence-corrected chi connectivity index (χ2v) is 6.11. The van der Waals surface area contributed by atoms with Gasteiger partial charge in [0.15, 0.2) is 0 Å². The zero-order valence-corrected chi connectivity index (χ0v) is 11.9. The highest BCUT2D eigenvalue weighted by atomic mass is 32.2. The third kappa shape index (κ3) is 3.12. The molecule has 2 rings (SSSR count). The molecule has 0 saturated carbocycles. The monoisotopic (exact) mass is 305 g/mol. The minimum atomic E-state index is -3.83. The maximum atomic E-state index is 13.2. The fourth-order valence-corrected chi connectivity index (χ4v) is 2.84. The number of hydrogen-bond acceptors (Lipinski definition) is 4. The first-order valence-corrected chi connectivity index (χ1v) is 7.40. The molecule has 108 valence electrons. The van der Waals surface area contributed by atoms with Gasteiger partial charge in [0.1, 0.15) is 11.9 Å². The molecule has 2 aromatic rings. The van der Waals surface area contributed by atoms with Gasteiger partial charge in [-0.2, -0.15) is 5.26 Å². The molecule has 0 bridgehead atoms. The minimum Gasteiger partial charge on any atom is -0.399 e. The van der Waals surface area contributed by atoms with Crippen LogP contribution in [0, 0.1) is 24.1 Å². The van der Waals surface area contributed by atoms with Crippen LogP contribution in [0.2, 0.25) is 0 Å². The van der Waals surface area contributed by atoms with E-state index in [2.05, 4.69) is 4.72 Å². The summed E-state index contributed by atoms with van der Waals surface area (Å²) >= 11 is 0. The first-order valence-electron chi connectivity index (χ1n) is 5.92. The van der Waals surface area contributed by atoms with Gasteiger partial charge >= 0.3 is 0 Å². The highest BCUT2D eigenvalue weighted by Gasteiger charge is 2.15. The number of sulfonamides is 1. The van der Waals surface area contributed by atoms with Gasteiger partial charge < -0.3 is 5.73 Å². The van der Waals surface area contributed by atoms with Gasteiger partial charge in [-0.3, -0.25) is 4.72 Å². The second-order valence-electron chi connectivity index (χ2n) is 4.43. The van der Waals surface area contributed by atoms with E-state index in [1.165, 1.54) is 24.3 Å². The quantitative estimate of drug-likeness (QED) is 0.851. The Bertz CT molecular complexity index is 842. The molecule has 2 aromatic carbocycles. The summed E-state index contributed by atoms with van der Waals surface area (Å²) in [4.78, 5) is 0.0389. The van der Waals surface area contributed by atoms with Crippen molar-refractivity contribution in [2.45, 2.75) is 11.8 Å². The first kappa shape index (κ1) is 14.8. The molecule has 3 N–H and O–H groups in total. The van der Waals surface area contributed by atoms with E-state index in [9.17, 15) is 12.8 Å². The van der Waals surface area contributed by atoms with Gasteiger partial charge in [0.05, 0.1) is 16.1 Å². The number of anilines is 2. The van der Waals surface area contributed by atoms with Gasteiger partial charge in [0, 0.05) is 5.69 Å². The van der Waals surface area contributed by atoms with Gasteiger partial charge in [-0.05, 0) is 48.9 Å². The van der Waals surface area contributed by atoms with E-state index in [4.69, 9.17) is 11.0 Å². The number of benzene rings is 2. The highest BCUT2D eigenvalue weighted by molar-refractivity contribution is 7.92. The summed E-state index contributed by atoms with van der Waals surface area (Å²) < 4.78 is 39.9. The highest BCUT2D eigenvalue weighted by Crippen LogP contribution is 2.21. The lowest BCUT2D eigenvalue weighted by Gasteiger charge is -2.10. The van der Waals surface area contributed by atoms with E-state index in [1.807, 2.05) is 0 Å². The zero-order chi connectivity index (χ0) is 15.6. The molecule has 0 heterocycles. The van der Waals surface area contributed by atoms with Crippen LogP contribution in [0.25, 0.3) is 0 Å². The van der Waals surface area contributed by atoms with E-state index in [0.29, 0.717) is 11.3 Å². The van der Waals surface area contributed by atoms with Crippen molar-refractivity contribution in [1.82, 2.24) is 0 Å². The Balaban J connectivity index is 2.37. The molecule has 0 unspecified atom stereocenters. The summed E-state index contributed by atoms with van der Waals surface area (Å²) in [6, 6.07) is 9.37. The molecular weight excluding hydrogens is 293 g/mol. The molecule has 0 aromatic heterocycles. The van der Waals surface area contributed by atoms with Gasteiger partial charge in [-0.1, -0.05) is 0 Å². The number of nitriles is 1. The number of nitrogen functional groups attached to an aromatic ring is 1. The third-order valence-electron chi connectivity index (χ3n) is 2.89. The van der Waals surface area contributed by atoms with Crippen LogP contribution in [0.5, 0.6) is 0 Å². The minimum absolute atomic E-state index is 0.0389. The molecule has 0 saturated heterocycles. The van der Waals surface area contributed by atoms with E-state index in [1.54, 1.807) is 13.0 Å². The number of nitrogens with zero attached hydrogens (tertiary/aromatic N) is 1. The fraction of sp³-hybridized carbons (Fsp3) is 0.0714. The largest absolute Gasteiger partial charge is 0.399 e. The van der Waals surface area contributed by atoms with E-state index >= 15 is 0 Å². The van der Waals surface area contributed by atoms with Crippen molar-refractivity contribution in [3.8, 4) is 6.07 Å². The molecule has 7 heteroatoms. The Morgan fingerprint density at radius 3 is 2.57 bits per heavy atom. The summed E-state index contributed by atoms with van der Waals surface area (Å²) in [5.41, 5.74) is 6.65. The fourth-order valence-electron chi connectivity index (χ4n) is 1.70. The third-order valence-corrected chi connectivity index (χ3v) is 4.27. The Morgan fingerprint density at radius 2 is 1.95 bits per heavy atom. The van der Waals surface area contributed by atoms with Crippen LogP contribution < -0.4 is 10.5 Å². The average Bonchev–Trinajstić information content (AvgIpc) is 2.43. The standard InChI is InChI=1S/C14H12FN3O2S/c1-9-6-12(3-5-14(9)17)21(19,20)18-11-2-4-13(15)10(7-11)8-16/h2-7,18H,17H2,1H3. The molecular formula is C14H12FN3O2S. The van der Waals surface area contributed by atoms with Gasteiger partial charge in [-0.15, -0.1) is 0 Å². The molecule has 0 aliphatic rings. The van der Waals surface area contributed by atoms with E-state index in [0.717, 1.165) is 12.1 Å². The average molecular weight is 305 g/mol. The van der Waals surface area contributed by atoms with Crippen molar-refractivity contribution in [2.24, 2.45) is 0 Å². The van der Waals surface area contributed by atoms with Crippen LogP contribution in [0.4, 0.5) is 15.8 Å². The van der Waals surface area contributed by atoms with Crippen LogP contribution in [0.3, 0.4) is 0 Å². The summed E-state index contributed by atoms with van der Waals surface area (Å²) in [6.45, 7) is 1.69. The van der Waals surface area contributed by atoms with Crippen LogP contribution in [-0.4, -0.2) is 8.42 Å². The van der Waals surface area contributed by atoms with Crippen molar-refractivity contribution in [3.63, 3.8) is 0 Å². The van der Waals surface area contributed by atoms with Crippen molar-refractivity contribution in [2.75, 3.05) is 10.5 Å². The molecule has 0 aliphatic heterocycles. The smallest absolute Gasteiger partial charge is 0.261 e. The lowest BCUT2D eigenvalue weighted by atomic mass is 10.2. The maximum absolute atomic E-state index is 13.2. The van der Waals surface area contributed by atoms with Crippen LogP contribution in [-0.2, 0) is 10.0 Å². The number of aryl methyl sites for hydroxylation is 1. The molecule has 21 heavy (non-hydrogen) atoms. The van der Waals surface area contributed by atoms with Crippen molar-refractivity contribution < 1.29 is 12.8 Å². The number of rotatable bonds is 3. The SMILES string of the molecule is Cc1cc(S(=O)(=O)Nc2ccc(F)c(C#N)c2)ccc1N. The van der Waals surface area contributed by atoms with Crippen molar-refractivity contribution >= 4 is 21.4 Å². The van der Waals surface area contributed by atoms with E-state index in [-0.39, 0.29) is 16.1 Å². The molecule has 5 nitrogen and oxygen atoms in total. The number of hydrogen-bond donors (Lipinski definition) is 2. The normalized spacial score (nSPS) is 10.9. The number of halogens is 1. The Morgan fingerprint density at radius 1 is 1.24 bits per heavy atom. The van der Waals surface area contributed by atoms with Crippen LogP contribution in [0.15, 0.2) is 41.3 Å². The van der Waals surface area contributed by atoms with Gasteiger partial charge in [0.25, 0.3) is 10.0 Å². The topological polar surface area (TPSA) is 96.0 Å². The Hall–Kier alpha value is -2.59. The van der Waals surface area contributed by atoms with Crippen molar-refractivity contribution in [1.29, 1.82) is 5.26 Å². The summed E-state index contributed by atoms with van der Waals surface area (Å²) in [5.74, 6) is -0.705. The molecule has 0 fully saturated rings. The lowest BCUT2D eigenvalue weighted by Crippen LogP contribution is -2.13. The molecule has 0 atom stereocenters. The summed E-state index contributed by atoms with van der Waals surface area (Å²) in [5, 5.41) is 8.74. The molecule has 0 amide bonds. The summed E-state index contributed by atoms with van der Waals surface area (Å²) in [7, 11) is -3.83. The summed E-state index contributed by atoms with van der Waals surface area (Å²) in [6.07, 6.45) is 0. The van der Waals surface area contributed by atoms with Crippen molar-refractivity contribution in [3.05, 3.63) is 53.3 Å². The molecule has 0 aliphatic carbocycles. The predicted molar refractivity (Wildman–Crippen MR) is 77.5 cm³/mol. The van der Waals surface area contributed by atoms with Crippen LogP contribution >= 0.6 is 0 Å².